The van der Waals surface area contributed by atoms with Crippen LogP contribution < -0.4 is 0 Å². The van der Waals surface area contributed by atoms with Crippen molar-refractivity contribution in [2.24, 2.45) is 0 Å². The zero-order valence-corrected chi connectivity index (χ0v) is 14.5. The predicted molar refractivity (Wildman–Crippen MR) is 93.7 cm³/mol. The van der Waals surface area contributed by atoms with Gasteiger partial charge in [0.2, 0.25) is 0 Å². The molecule has 0 saturated carbocycles. The van der Waals surface area contributed by atoms with Crippen LogP contribution in [-0.4, -0.2) is 14.8 Å². The quantitative estimate of drug-likeness (QED) is 0.554. The molecule has 106 valence electrons. The van der Waals surface area contributed by atoms with Gasteiger partial charge in [-0.25, -0.2) is 9.67 Å². The molecule has 3 aromatic rings. The monoisotopic (exact) mass is 429 g/mol. The molecule has 0 atom stereocenters. The van der Waals surface area contributed by atoms with Gasteiger partial charge in [0.1, 0.15) is 6.33 Å². The zero-order chi connectivity index (χ0) is 14.8. The van der Waals surface area contributed by atoms with Crippen LogP contribution in [0.4, 0.5) is 0 Å². The molecule has 1 heterocycles. The maximum absolute atomic E-state index is 6.19. The fraction of sp³-hybridized carbons (Fsp3) is 0.0667. The van der Waals surface area contributed by atoms with Crippen molar-refractivity contribution in [2.45, 2.75) is 6.54 Å². The van der Waals surface area contributed by atoms with Gasteiger partial charge < -0.3 is 0 Å². The Morgan fingerprint density at radius 1 is 1.05 bits per heavy atom. The summed E-state index contributed by atoms with van der Waals surface area (Å²) in [6.07, 6.45) is 1.70. The lowest BCUT2D eigenvalue weighted by Crippen LogP contribution is -2.01. The van der Waals surface area contributed by atoms with Gasteiger partial charge in [0.05, 0.1) is 16.6 Å². The van der Waals surface area contributed by atoms with Crippen molar-refractivity contribution in [3.8, 4) is 11.4 Å². The molecule has 1 aromatic heterocycles. The van der Waals surface area contributed by atoms with Crippen LogP contribution in [0.25, 0.3) is 11.4 Å². The van der Waals surface area contributed by atoms with Crippen molar-refractivity contribution >= 4 is 45.8 Å². The van der Waals surface area contributed by atoms with Crippen LogP contribution in [0.1, 0.15) is 5.56 Å². The third-order valence-electron chi connectivity index (χ3n) is 3.00. The SMILES string of the molecule is Clc1cccc(Cn2cnc(-c3ccc(I)cc3)n2)c1Cl. The van der Waals surface area contributed by atoms with Crippen LogP contribution in [0.15, 0.2) is 48.8 Å². The number of benzene rings is 2. The summed E-state index contributed by atoms with van der Waals surface area (Å²) in [4.78, 5) is 4.34. The summed E-state index contributed by atoms with van der Waals surface area (Å²) < 4.78 is 2.94. The molecule has 0 fully saturated rings. The molecule has 6 heteroatoms. The van der Waals surface area contributed by atoms with Crippen molar-refractivity contribution < 1.29 is 0 Å². The standard InChI is InChI=1S/C15H10Cl2IN3/c16-13-3-1-2-11(14(13)17)8-21-9-19-15(20-21)10-4-6-12(18)7-5-10/h1-7,9H,8H2. The minimum Gasteiger partial charge on any atom is -0.248 e. The number of hydrogen-bond donors (Lipinski definition) is 0. The topological polar surface area (TPSA) is 30.7 Å². The first kappa shape index (κ1) is 14.8. The largest absolute Gasteiger partial charge is 0.248 e. The normalized spacial score (nSPS) is 10.8. The summed E-state index contributed by atoms with van der Waals surface area (Å²) in [5.74, 6) is 0.699. The highest BCUT2D eigenvalue weighted by atomic mass is 127. The number of halogens is 3. The third-order valence-corrected chi connectivity index (χ3v) is 4.58. The van der Waals surface area contributed by atoms with E-state index in [1.165, 1.54) is 3.57 Å². The maximum atomic E-state index is 6.19. The molecule has 0 aliphatic heterocycles. The first-order valence-corrected chi connectivity index (χ1v) is 8.05. The molecular weight excluding hydrogens is 420 g/mol. The Morgan fingerprint density at radius 2 is 1.81 bits per heavy atom. The van der Waals surface area contributed by atoms with Gasteiger partial charge >= 0.3 is 0 Å². The molecule has 0 N–H and O–H groups in total. The summed E-state index contributed by atoms with van der Waals surface area (Å²) in [5, 5.41) is 5.59. The summed E-state index contributed by atoms with van der Waals surface area (Å²) in [7, 11) is 0. The molecule has 0 amide bonds. The van der Waals surface area contributed by atoms with Crippen LogP contribution in [0, 0.1) is 3.57 Å². The molecule has 0 aliphatic carbocycles. The van der Waals surface area contributed by atoms with E-state index in [-0.39, 0.29) is 0 Å². The molecule has 0 spiro atoms. The Balaban J connectivity index is 1.85. The number of hydrogen-bond acceptors (Lipinski definition) is 2. The Bertz CT molecular complexity index is 769. The Kier molecular flexibility index (Phi) is 4.47. The second-order valence-electron chi connectivity index (χ2n) is 4.49. The van der Waals surface area contributed by atoms with E-state index in [9.17, 15) is 0 Å². The predicted octanol–water partition coefficient (Wildman–Crippen LogP) is 4.90. The van der Waals surface area contributed by atoms with Gasteiger partial charge in [0.15, 0.2) is 5.82 Å². The summed E-state index contributed by atoms with van der Waals surface area (Å²) in [6.45, 7) is 0.538. The highest BCUT2D eigenvalue weighted by molar-refractivity contribution is 14.1. The molecule has 0 aliphatic rings. The lowest BCUT2D eigenvalue weighted by molar-refractivity contribution is 0.687. The molecule has 0 radical (unpaired) electrons. The second kappa shape index (κ2) is 6.34. The molecular formula is C15H10Cl2IN3. The lowest BCUT2D eigenvalue weighted by Gasteiger charge is -2.05. The van der Waals surface area contributed by atoms with Gasteiger partial charge in [0.25, 0.3) is 0 Å². The van der Waals surface area contributed by atoms with Crippen molar-refractivity contribution in [3.05, 3.63) is 68.0 Å². The Morgan fingerprint density at radius 3 is 2.57 bits per heavy atom. The van der Waals surface area contributed by atoms with Crippen molar-refractivity contribution in [3.63, 3.8) is 0 Å². The highest BCUT2D eigenvalue weighted by Crippen LogP contribution is 2.26. The summed E-state index contributed by atoms with van der Waals surface area (Å²) in [6, 6.07) is 13.7. The molecule has 21 heavy (non-hydrogen) atoms. The Labute approximate surface area is 146 Å². The average molecular weight is 430 g/mol. The summed E-state index contributed by atoms with van der Waals surface area (Å²) >= 11 is 14.5. The maximum Gasteiger partial charge on any atom is 0.181 e. The number of nitrogens with zero attached hydrogens (tertiary/aromatic N) is 3. The van der Waals surface area contributed by atoms with Gasteiger partial charge in [-0.05, 0) is 46.4 Å². The smallest absolute Gasteiger partial charge is 0.181 e. The third kappa shape index (κ3) is 3.39. The van der Waals surface area contributed by atoms with Crippen molar-refractivity contribution in [1.29, 1.82) is 0 Å². The van der Waals surface area contributed by atoms with Crippen LogP contribution in [0.2, 0.25) is 10.0 Å². The van der Waals surface area contributed by atoms with E-state index in [0.29, 0.717) is 22.4 Å². The van der Waals surface area contributed by atoms with E-state index in [1.54, 1.807) is 17.1 Å². The number of rotatable bonds is 3. The fourth-order valence-corrected chi connectivity index (χ4v) is 2.69. The van der Waals surface area contributed by atoms with Gasteiger partial charge in [-0.1, -0.05) is 47.5 Å². The van der Waals surface area contributed by atoms with E-state index in [0.717, 1.165) is 11.1 Å². The van der Waals surface area contributed by atoms with E-state index >= 15 is 0 Å². The van der Waals surface area contributed by atoms with Crippen LogP contribution >= 0.6 is 45.8 Å². The molecule has 0 unspecified atom stereocenters. The van der Waals surface area contributed by atoms with E-state index in [2.05, 4.69) is 32.7 Å². The first-order chi connectivity index (χ1) is 10.1. The fourth-order valence-electron chi connectivity index (χ4n) is 1.95. The summed E-state index contributed by atoms with van der Waals surface area (Å²) in [5.41, 5.74) is 1.91. The van der Waals surface area contributed by atoms with E-state index in [4.69, 9.17) is 23.2 Å². The van der Waals surface area contributed by atoms with Gasteiger partial charge in [0, 0.05) is 9.13 Å². The molecule has 2 aromatic carbocycles. The average Bonchev–Trinajstić information content (AvgIpc) is 2.93. The van der Waals surface area contributed by atoms with Crippen LogP contribution in [0.5, 0.6) is 0 Å². The van der Waals surface area contributed by atoms with Gasteiger partial charge in [-0.2, -0.15) is 5.10 Å². The molecule has 3 rings (SSSR count). The highest BCUT2D eigenvalue weighted by Gasteiger charge is 2.08. The van der Waals surface area contributed by atoms with E-state index < -0.39 is 0 Å². The van der Waals surface area contributed by atoms with Crippen molar-refractivity contribution in [1.82, 2.24) is 14.8 Å². The second-order valence-corrected chi connectivity index (χ2v) is 6.52. The molecule has 3 nitrogen and oxygen atoms in total. The lowest BCUT2D eigenvalue weighted by atomic mass is 10.2. The van der Waals surface area contributed by atoms with E-state index in [1.807, 2.05) is 36.4 Å². The van der Waals surface area contributed by atoms with Gasteiger partial charge in [-0.3, -0.25) is 0 Å². The molecule has 0 bridgehead atoms. The molecule has 0 saturated heterocycles. The minimum atomic E-state index is 0.538. The minimum absolute atomic E-state index is 0.538. The first-order valence-electron chi connectivity index (χ1n) is 6.22. The van der Waals surface area contributed by atoms with Gasteiger partial charge in [-0.15, -0.1) is 0 Å². The Hall–Kier alpha value is -1.11. The number of aromatic nitrogens is 3. The zero-order valence-electron chi connectivity index (χ0n) is 10.8. The van der Waals surface area contributed by atoms with Crippen LogP contribution in [0.3, 0.4) is 0 Å². The van der Waals surface area contributed by atoms with Crippen LogP contribution in [-0.2, 0) is 6.54 Å². The van der Waals surface area contributed by atoms with Crippen molar-refractivity contribution in [2.75, 3.05) is 0 Å².